The van der Waals surface area contributed by atoms with Gasteiger partial charge in [0.2, 0.25) is 0 Å². The van der Waals surface area contributed by atoms with Crippen LogP contribution in [0.1, 0.15) is 40.5 Å². The normalized spacial score (nSPS) is 22.2. The number of halogens is 1. The van der Waals surface area contributed by atoms with Crippen molar-refractivity contribution in [3.63, 3.8) is 0 Å². The van der Waals surface area contributed by atoms with Crippen molar-refractivity contribution in [1.29, 1.82) is 0 Å². The van der Waals surface area contributed by atoms with Gasteiger partial charge in [-0.15, -0.1) is 0 Å². The van der Waals surface area contributed by atoms with Crippen molar-refractivity contribution >= 4 is 0 Å². The number of aryl methyl sites for hydroxylation is 2. The first kappa shape index (κ1) is 14.3. The van der Waals surface area contributed by atoms with E-state index in [0.29, 0.717) is 11.8 Å². The minimum absolute atomic E-state index is 0.141. The summed E-state index contributed by atoms with van der Waals surface area (Å²) in [6.07, 6.45) is 1.10. The first-order valence-corrected chi connectivity index (χ1v) is 7.68. The summed E-state index contributed by atoms with van der Waals surface area (Å²) in [7, 11) is 0. The monoisotopic (exact) mass is 283 g/mol. The highest BCUT2D eigenvalue weighted by Gasteiger charge is 2.28. The maximum Gasteiger partial charge on any atom is 0.123 e. The van der Waals surface area contributed by atoms with E-state index in [1.807, 2.05) is 6.07 Å². The molecule has 2 atom stereocenters. The molecule has 1 saturated heterocycles. The van der Waals surface area contributed by atoms with Gasteiger partial charge < -0.3 is 5.32 Å². The van der Waals surface area contributed by atoms with Crippen molar-refractivity contribution in [2.45, 2.75) is 32.1 Å². The Bertz CT molecular complexity index is 615. The Hall–Kier alpha value is -1.67. The van der Waals surface area contributed by atoms with Gasteiger partial charge in [0.25, 0.3) is 0 Å². The van der Waals surface area contributed by atoms with Gasteiger partial charge in [-0.2, -0.15) is 0 Å². The van der Waals surface area contributed by atoms with Gasteiger partial charge in [-0.1, -0.05) is 41.5 Å². The van der Waals surface area contributed by atoms with Crippen LogP contribution in [0.25, 0.3) is 0 Å². The second kappa shape index (κ2) is 5.98. The van der Waals surface area contributed by atoms with Gasteiger partial charge in [-0.05, 0) is 56.0 Å². The highest BCUT2D eigenvalue weighted by atomic mass is 19.1. The summed E-state index contributed by atoms with van der Waals surface area (Å²) in [5, 5.41) is 3.46. The lowest BCUT2D eigenvalue weighted by atomic mass is 9.77. The maximum absolute atomic E-state index is 13.6. The van der Waals surface area contributed by atoms with Gasteiger partial charge in [0.15, 0.2) is 0 Å². The SMILES string of the molecule is Cc1cc(C)cc(C2CCNCC2c2cccc(F)c2)c1. The van der Waals surface area contributed by atoms with Gasteiger partial charge >= 0.3 is 0 Å². The zero-order valence-corrected chi connectivity index (χ0v) is 12.7. The van der Waals surface area contributed by atoms with Crippen LogP contribution < -0.4 is 5.32 Å². The maximum atomic E-state index is 13.6. The Balaban J connectivity index is 1.98. The van der Waals surface area contributed by atoms with E-state index in [0.717, 1.165) is 25.1 Å². The fourth-order valence-electron chi connectivity index (χ4n) is 3.57. The molecule has 110 valence electrons. The standard InChI is InChI=1S/C19H22FN/c1-13-8-14(2)10-16(9-13)18-6-7-21-12-19(18)15-4-3-5-17(20)11-15/h3-5,8-11,18-19,21H,6-7,12H2,1-2H3. The highest BCUT2D eigenvalue weighted by molar-refractivity contribution is 5.35. The fraction of sp³-hybridized carbons (Fsp3) is 0.368. The fourth-order valence-corrected chi connectivity index (χ4v) is 3.57. The molecule has 2 aromatic rings. The van der Waals surface area contributed by atoms with Crippen molar-refractivity contribution < 1.29 is 4.39 Å². The molecule has 0 bridgehead atoms. The zero-order chi connectivity index (χ0) is 14.8. The predicted octanol–water partition coefficient (Wildman–Crippen LogP) is 4.30. The largest absolute Gasteiger partial charge is 0.316 e. The van der Waals surface area contributed by atoms with E-state index in [1.54, 1.807) is 6.07 Å². The number of nitrogens with one attached hydrogen (secondary N) is 1. The molecule has 2 aromatic carbocycles. The number of rotatable bonds is 2. The minimum Gasteiger partial charge on any atom is -0.316 e. The molecule has 0 aliphatic carbocycles. The van der Waals surface area contributed by atoms with Crippen LogP contribution in [0.5, 0.6) is 0 Å². The Kier molecular flexibility index (Phi) is 4.07. The van der Waals surface area contributed by atoms with Crippen molar-refractivity contribution in [3.8, 4) is 0 Å². The summed E-state index contributed by atoms with van der Waals surface area (Å²) in [6.45, 7) is 6.24. The molecule has 1 nitrogen and oxygen atoms in total. The van der Waals surface area contributed by atoms with E-state index in [2.05, 4.69) is 43.4 Å². The van der Waals surface area contributed by atoms with Crippen molar-refractivity contribution in [1.82, 2.24) is 5.32 Å². The van der Waals surface area contributed by atoms with Gasteiger partial charge in [-0.3, -0.25) is 0 Å². The molecular formula is C19H22FN. The Labute approximate surface area is 126 Å². The summed E-state index contributed by atoms with van der Waals surface area (Å²) in [4.78, 5) is 0. The molecular weight excluding hydrogens is 261 g/mol. The third-order valence-corrected chi connectivity index (χ3v) is 4.43. The number of benzene rings is 2. The average molecular weight is 283 g/mol. The van der Waals surface area contributed by atoms with Crippen molar-refractivity contribution in [3.05, 3.63) is 70.5 Å². The summed E-state index contributed by atoms with van der Waals surface area (Å²) < 4.78 is 13.6. The molecule has 0 saturated carbocycles. The summed E-state index contributed by atoms with van der Waals surface area (Å²) in [5.41, 5.74) is 5.11. The van der Waals surface area contributed by atoms with Gasteiger partial charge in [0.1, 0.15) is 5.82 Å². The molecule has 1 heterocycles. The Morgan fingerprint density at radius 3 is 2.43 bits per heavy atom. The van der Waals surface area contributed by atoms with E-state index in [-0.39, 0.29) is 5.82 Å². The highest BCUT2D eigenvalue weighted by Crippen LogP contribution is 2.38. The van der Waals surface area contributed by atoms with Crippen molar-refractivity contribution in [2.75, 3.05) is 13.1 Å². The van der Waals surface area contributed by atoms with Crippen LogP contribution in [0, 0.1) is 19.7 Å². The van der Waals surface area contributed by atoms with Crippen molar-refractivity contribution in [2.24, 2.45) is 0 Å². The number of piperidine rings is 1. The first-order valence-electron chi connectivity index (χ1n) is 7.68. The molecule has 1 aliphatic heterocycles. The lowest BCUT2D eigenvalue weighted by molar-refractivity contribution is 0.403. The molecule has 0 spiro atoms. The van der Waals surface area contributed by atoms with E-state index < -0.39 is 0 Å². The molecule has 2 heteroatoms. The molecule has 1 N–H and O–H groups in total. The number of hydrogen-bond acceptors (Lipinski definition) is 1. The molecule has 21 heavy (non-hydrogen) atoms. The lowest BCUT2D eigenvalue weighted by Gasteiger charge is -2.33. The van der Waals surface area contributed by atoms with Gasteiger partial charge in [-0.25, -0.2) is 4.39 Å². The summed E-state index contributed by atoms with van der Waals surface area (Å²) in [5.74, 6) is 0.666. The topological polar surface area (TPSA) is 12.0 Å². The lowest BCUT2D eigenvalue weighted by Crippen LogP contribution is -2.34. The van der Waals surface area contributed by atoms with Gasteiger partial charge in [0.05, 0.1) is 0 Å². The van der Waals surface area contributed by atoms with Crippen LogP contribution in [-0.2, 0) is 0 Å². The Morgan fingerprint density at radius 2 is 1.71 bits per heavy atom. The quantitative estimate of drug-likeness (QED) is 0.866. The first-order chi connectivity index (χ1) is 10.1. The van der Waals surface area contributed by atoms with Crippen LogP contribution in [0.3, 0.4) is 0 Å². The minimum atomic E-state index is -0.141. The number of hydrogen-bond donors (Lipinski definition) is 1. The van der Waals surface area contributed by atoms with E-state index in [9.17, 15) is 4.39 Å². The van der Waals surface area contributed by atoms with Crippen LogP contribution in [0.4, 0.5) is 4.39 Å². The second-order valence-corrected chi connectivity index (χ2v) is 6.18. The van der Waals surface area contributed by atoms with Crippen LogP contribution >= 0.6 is 0 Å². The van der Waals surface area contributed by atoms with Crippen LogP contribution in [0.15, 0.2) is 42.5 Å². The summed E-state index contributed by atoms with van der Waals surface area (Å²) in [6, 6.07) is 13.9. The van der Waals surface area contributed by atoms with Crippen LogP contribution in [0.2, 0.25) is 0 Å². The molecule has 0 aromatic heterocycles. The molecule has 0 amide bonds. The third-order valence-electron chi connectivity index (χ3n) is 4.43. The zero-order valence-electron chi connectivity index (χ0n) is 12.7. The van der Waals surface area contributed by atoms with Gasteiger partial charge in [0, 0.05) is 12.5 Å². The van der Waals surface area contributed by atoms with E-state index >= 15 is 0 Å². The molecule has 1 aliphatic rings. The smallest absolute Gasteiger partial charge is 0.123 e. The second-order valence-electron chi connectivity index (χ2n) is 6.18. The van der Waals surface area contributed by atoms with E-state index in [4.69, 9.17) is 0 Å². The van der Waals surface area contributed by atoms with Crippen LogP contribution in [-0.4, -0.2) is 13.1 Å². The molecule has 3 rings (SSSR count). The average Bonchev–Trinajstić information content (AvgIpc) is 2.46. The molecule has 0 radical (unpaired) electrons. The predicted molar refractivity (Wildman–Crippen MR) is 85.3 cm³/mol. The third kappa shape index (κ3) is 3.16. The summed E-state index contributed by atoms with van der Waals surface area (Å²) >= 11 is 0. The molecule has 2 unspecified atom stereocenters. The van der Waals surface area contributed by atoms with E-state index in [1.165, 1.54) is 22.8 Å². The molecule has 1 fully saturated rings. The Morgan fingerprint density at radius 1 is 0.952 bits per heavy atom.